The monoisotopic (exact) mass is 205 g/mol. The first-order chi connectivity index (χ1) is 7.33. The van der Waals surface area contributed by atoms with E-state index >= 15 is 0 Å². The lowest BCUT2D eigenvalue weighted by molar-refractivity contribution is 0.326. The van der Waals surface area contributed by atoms with Crippen LogP contribution >= 0.6 is 0 Å². The third-order valence-corrected chi connectivity index (χ3v) is 3.75. The molecule has 1 aromatic heterocycles. The van der Waals surface area contributed by atoms with Gasteiger partial charge in [0.2, 0.25) is 0 Å². The van der Waals surface area contributed by atoms with Crippen LogP contribution in [0.1, 0.15) is 24.9 Å². The van der Waals surface area contributed by atoms with Gasteiger partial charge >= 0.3 is 0 Å². The number of hydrogen-bond acceptors (Lipinski definition) is 2. The van der Waals surface area contributed by atoms with Crippen molar-refractivity contribution in [3.05, 3.63) is 17.7 Å². The average Bonchev–Trinajstić information content (AvgIpc) is 2.54. The molecule has 0 aliphatic carbocycles. The van der Waals surface area contributed by atoms with Gasteiger partial charge in [-0.2, -0.15) is 0 Å². The third kappa shape index (κ3) is 1.69. The zero-order valence-electron chi connectivity index (χ0n) is 9.37. The molecule has 1 N–H and O–H groups in total. The molecule has 2 aliphatic rings. The van der Waals surface area contributed by atoms with E-state index in [4.69, 9.17) is 0 Å². The van der Waals surface area contributed by atoms with E-state index in [0.29, 0.717) is 0 Å². The van der Waals surface area contributed by atoms with Gasteiger partial charge in [0.1, 0.15) is 5.82 Å². The highest BCUT2D eigenvalue weighted by molar-refractivity contribution is 5.09. The summed E-state index contributed by atoms with van der Waals surface area (Å²) in [5, 5.41) is 3.33. The summed E-state index contributed by atoms with van der Waals surface area (Å²) in [4.78, 5) is 4.59. The molecular formula is C12H19N3. The molecule has 3 heterocycles. The van der Waals surface area contributed by atoms with E-state index in [0.717, 1.165) is 11.8 Å². The fourth-order valence-electron chi connectivity index (χ4n) is 2.59. The normalized spacial score (nSPS) is 26.1. The lowest BCUT2D eigenvalue weighted by Gasteiger charge is -2.28. The number of nitrogens with zero attached hydrogens (tertiary/aromatic N) is 2. The lowest BCUT2D eigenvalue weighted by Crippen LogP contribution is -2.43. The predicted molar refractivity (Wildman–Crippen MR) is 59.8 cm³/mol. The zero-order valence-corrected chi connectivity index (χ0v) is 9.37. The summed E-state index contributed by atoms with van der Waals surface area (Å²) in [6.07, 6.45) is 5.81. The highest BCUT2D eigenvalue weighted by Crippen LogP contribution is 2.22. The van der Waals surface area contributed by atoms with Crippen LogP contribution in [0.4, 0.5) is 0 Å². The SMILES string of the molecule is CC1CCc2cnc(CC3CNC3)n2C1. The molecule has 3 nitrogen and oxygen atoms in total. The van der Waals surface area contributed by atoms with Crippen LogP contribution in [0, 0.1) is 11.8 Å². The third-order valence-electron chi connectivity index (χ3n) is 3.75. The minimum Gasteiger partial charge on any atom is -0.332 e. The molecule has 2 aliphatic heterocycles. The summed E-state index contributed by atoms with van der Waals surface area (Å²) >= 11 is 0. The highest BCUT2D eigenvalue weighted by Gasteiger charge is 2.23. The fourth-order valence-corrected chi connectivity index (χ4v) is 2.59. The number of aryl methyl sites for hydroxylation is 1. The van der Waals surface area contributed by atoms with Crippen LogP contribution < -0.4 is 5.32 Å². The molecule has 0 spiro atoms. The van der Waals surface area contributed by atoms with E-state index in [1.165, 1.54) is 50.4 Å². The molecule has 0 radical (unpaired) electrons. The summed E-state index contributed by atoms with van der Waals surface area (Å²) in [5.74, 6) is 2.97. The molecule has 1 saturated heterocycles. The molecule has 15 heavy (non-hydrogen) atoms. The van der Waals surface area contributed by atoms with Crippen LogP contribution in [0.3, 0.4) is 0 Å². The molecule has 1 aromatic rings. The smallest absolute Gasteiger partial charge is 0.109 e. The number of imidazole rings is 1. The summed E-state index contributed by atoms with van der Waals surface area (Å²) in [6, 6.07) is 0. The summed E-state index contributed by atoms with van der Waals surface area (Å²) < 4.78 is 2.46. The molecule has 1 atom stereocenters. The van der Waals surface area contributed by atoms with Gasteiger partial charge in [0.15, 0.2) is 0 Å². The summed E-state index contributed by atoms with van der Waals surface area (Å²) in [7, 11) is 0. The Morgan fingerprint density at radius 2 is 2.40 bits per heavy atom. The number of hydrogen-bond donors (Lipinski definition) is 1. The van der Waals surface area contributed by atoms with Crippen LogP contribution in [0.2, 0.25) is 0 Å². The molecule has 0 saturated carbocycles. The maximum atomic E-state index is 4.59. The van der Waals surface area contributed by atoms with Gasteiger partial charge in [-0.05, 0) is 37.8 Å². The quantitative estimate of drug-likeness (QED) is 0.787. The van der Waals surface area contributed by atoms with Crippen LogP contribution in [0.5, 0.6) is 0 Å². The van der Waals surface area contributed by atoms with Crippen molar-refractivity contribution in [2.24, 2.45) is 11.8 Å². The van der Waals surface area contributed by atoms with Crippen molar-refractivity contribution in [3.8, 4) is 0 Å². The van der Waals surface area contributed by atoms with Crippen LogP contribution in [0.25, 0.3) is 0 Å². The van der Waals surface area contributed by atoms with Crippen LogP contribution in [-0.4, -0.2) is 22.6 Å². The highest BCUT2D eigenvalue weighted by atomic mass is 15.1. The van der Waals surface area contributed by atoms with Gasteiger partial charge in [0, 0.05) is 24.9 Å². The first-order valence-electron chi connectivity index (χ1n) is 6.07. The van der Waals surface area contributed by atoms with Crippen molar-refractivity contribution in [3.63, 3.8) is 0 Å². The molecule has 0 aromatic carbocycles. The molecule has 1 fully saturated rings. The van der Waals surface area contributed by atoms with E-state index in [9.17, 15) is 0 Å². The largest absolute Gasteiger partial charge is 0.332 e. The molecule has 3 rings (SSSR count). The van der Waals surface area contributed by atoms with E-state index in [1.54, 1.807) is 0 Å². The van der Waals surface area contributed by atoms with E-state index in [-0.39, 0.29) is 0 Å². The molecule has 0 bridgehead atoms. The Balaban J connectivity index is 1.79. The van der Waals surface area contributed by atoms with Crippen molar-refractivity contribution in [2.75, 3.05) is 13.1 Å². The molecule has 1 unspecified atom stereocenters. The topological polar surface area (TPSA) is 29.9 Å². The van der Waals surface area contributed by atoms with Crippen molar-refractivity contribution in [1.29, 1.82) is 0 Å². The van der Waals surface area contributed by atoms with Gasteiger partial charge in [-0.25, -0.2) is 4.98 Å². The van der Waals surface area contributed by atoms with Gasteiger partial charge in [-0.15, -0.1) is 0 Å². The first kappa shape index (κ1) is 9.40. The van der Waals surface area contributed by atoms with E-state index in [1.807, 2.05) is 0 Å². The predicted octanol–water partition coefficient (Wildman–Crippen LogP) is 1.23. The minimum absolute atomic E-state index is 0.824. The molecular weight excluding hydrogens is 186 g/mol. The molecule has 0 amide bonds. The number of fused-ring (bicyclic) bond motifs is 1. The minimum atomic E-state index is 0.824. The van der Waals surface area contributed by atoms with Crippen molar-refractivity contribution < 1.29 is 0 Å². The fraction of sp³-hybridized carbons (Fsp3) is 0.750. The Morgan fingerprint density at radius 1 is 1.53 bits per heavy atom. The van der Waals surface area contributed by atoms with Gasteiger partial charge in [0.25, 0.3) is 0 Å². The van der Waals surface area contributed by atoms with Crippen molar-refractivity contribution in [1.82, 2.24) is 14.9 Å². The first-order valence-corrected chi connectivity index (χ1v) is 6.07. The molecule has 82 valence electrons. The van der Waals surface area contributed by atoms with Crippen LogP contribution in [-0.2, 0) is 19.4 Å². The number of aromatic nitrogens is 2. The Bertz CT molecular complexity index is 352. The number of rotatable bonds is 2. The standard InChI is InChI=1S/C12H19N3/c1-9-2-3-11-7-14-12(15(11)8-9)4-10-5-13-6-10/h7,9-10,13H,2-6,8H2,1H3. The summed E-state index contributed by atoms with van der Waals surface area (Å²) in [5.41, 5.74) is 1.45. The van der Waals surface area contributed by atoms with Gasteiger partial charge < -0.3 is 9.88 Å². The Hall–Kier alpha value is -0.830. The van der Waals surface area contributed by atoms with E-state index in [2.05, 4.69) is 28.0 Å². The summed E-state index contributed by atoms with van der Waals surface area (Å²) in [6.45, 7) is 5.89. The van der Waals surface area contributed by atoms with E-state index < -0.39 is 0 Å². The van der Waals surface area contributed by atoms with Crippen molar-refractivity contribution >= 4 is 0 Å². The lowest BCUT2D eigenvalue weighted by atomic mass is 9.97. The van der Waals surface area contributed by atoms with Crippen LogP contribution in [0.15, 0.2) is 6.20 Å². The number of nitrogens with one attached hydrogen (secondary N) is 1. The Morgan fingerprint density at radius 3 is 3.13 bits per heavy atom. The van der Waals surface area contributed by atoms with Crippen molar-refractivity contribution in [2.45, 2.75) is 32.7 Å². The molecule has 3 heteroatoms. The maximum absolute atomic E-state index is 4.59. The Kier molecular flexibility index (Phi) is 2.28. The second-order valence-electron chi connectivity index (χ2n) is 5.15. The second-order valence-corrected chi connectivity index (χ2v) is 5.15. The zero-order chi connectivity index (χ0) is 10.3. The second kappa shape index (κ2) is 3.63. The van der Waals surface area contributed by atoms with Gasteiger partial charge in [0.05, 0.1) is 0 Å². The Labute approximate surface area is 90.9 Å². The van der Waals surface area contributed by atoms with Gasteiger partial charge in [-0.1, -0.05) is 6.92 Å². The average molecular weight is 205 g/mol. The maximum Gasteiger partial charge on any atom is 0.109 e. The van der Waals surface area contributed by atoms with Gasteiger partial charge in [-0.3, -0.25) is 0 Å².